The molecule has 1 aromatic rings. The molecule has 0 radical (unpaired) electrons. The van der Waals surface area contributed by atoms with Crippen LogP contribution < -0.4 is 0 Å². The fourth-order valence-electron chi connectivity index (χ4n) is 1.15. The van der Waals surface area contributed by atoms with Crippen molar-refractivity contribution in [1.29, 1.82) is 0 Å². The van der Waals surface area contributed by atoms with Gasteiger partial charge in [0.25, 0.3) is 0 Å². The zero-order valence-corrected chi connectivity index (χ0v) is 9.16. The van der Waals surface area contributed by atoms with E-state index in [9.17, 15) is 9.18 Å². The highest BCUT2D eigenvalue weighted by Crippen LogP contribution is 2.15. The second-order valence-corrected chi connectivity index (χ2v) is 3.56. The number of halogens is 1. The number of rotatable bonds is 4. The monoisotopic (exact) mass is 216 g/mol. The van der Waals surface area contributed by atoms with Crippen LogP contribution in [0.15, 0.2) is 55.1 Å². The molecule has 0 heterocycles. The van der Waals surface area contributed by atoms with Crippen LogP contribution in [-0.2, 0) is 0 Å². The molecule has 1 aromatic carbocycles. The van der Waals surface area contributed by atoms with E-state index < -0.39 is 6.04 Å². The molecule has 0 fully saturated rings. The molecular weight excluding hydrogens is 203 g/mol. The van der Waals surface area contributed by atoms with Gasteiger partial charge < -0.3 is 0 Å². The quantitative estimate of drug-likeness (QED) is 0.550. The maximum absolute atomic E-state index is 12.3. The normalized spacial score (nSPS) is 10.4. The van der Waals surface area contributed by atoms with Crippen LogP contribution in [-0.4, -0.2) is 6.04 Å². The maximum Gasteiger partial charge on any atom is 0.332 e. The molecule has 1 rings (SSSR count). The van der Waals surface area contributed by atoms with E-state index in [1.807, 2.05) is 19.1 Å². The van der Waals surface area contributed by atoms with Crippen molar-refractivity contribution in [3.63, 3.8) is 0 Å². The Morgan fingerprint density at radius 2 is 1.62 bits per heavy atom. The summed E-state index contributed by atoms with van der Waals surface area (Å²) in [5, 5.41) is 0. The van der Waals surface area contributed by atoms with E-state index in [1.54, 1.807) is 12.1 Å². The molecule has 0 amide bonds. The number of benzene rings is 1. The van der Waals surface area contributed by atoms with Crippen LogP contribution >= 0.6 is 0 Å². The van der Waals surface area contributed by atoms with Crippen LogP contribution in [0.4, 0.5) is 4.39 Å². The Labute approximate surface area is 94.6 Å². The molecule has 2 heteroatoms. The number of allylic oxidation sites excluding steroid dienone is 4. The molecule has 0 unspecified atom stereocenters. The Balaban J connectivity index is 2.86. The van der Waals surface area contributed by atoms with Crippen molar-refractivity contribution >= 4 is 11.6 Å². The third-order valence-electron chi connectivity index (χ3n) is 2.05. The Kier molecular flexibility index (Phi) is 3.95. The first-order valence-corrected chi connectivity index (χ1v) is 4.83. The van der Waals surface area contributed by atoms with Gasteiger partial charge >= 0.3 is 6.04 Å². The molecule has 0 bridgehead atoms. The molecule has 82 valence electrons. The lowest BCUT2D eigenvalue weighted by atomic mass is 10.0. The molecule has 0 saturated carbocycles. The van der Waals surface area contributed by atoms with Crippen molar-refractivity contribution in [2.75, 3.05) is 0 Å². The fraction of sp³-hybridized carbons (Fsp3) is 0.0714. The molecular formula is C14H13FO. The van der Waals surface area contributed by atoms with E-state index in [-0.39, 0.29) is 5.56 Å². The minimum atomic E-state index is -1.42. The summed E-state index contributed by atoms with van der Waals surface area (Å²) in [4.78, 5) is 10.4. The number of hydrogen-bond donors (Lipinski definition) is 0. The highest BCUT2D eigenvalue weighted by atomic mass is 19.1. The van der Waals surface area contributed by atoms with Gasteiger partial charge in [-0.05, 0) is 30.2 Å². The lowest BCUT2D eigenvalue weighted by molar-refractivity contribution is 0.0836. The number of hydrogen-bond acceptors (Lipinski definition) is 1. The molecule has 0 saturated heterocycles. The van der Waals surface area contributed by atoms with Crippen LogP contribution in [0.5, 0.6) is 0 Å². The SMILES string of the molecule is C=C(C)/C=C\C(=C)c1ccc(C(=O)F)cc1. The minimum Gasteiger partial charge on any atom is -0.255 e. The van der Waals surface area contributed by atoms with E-state index in [1.165, 1.54) is 12.1 Å². The number of carbonyl (C=O) groups is 1. The van der Waals surface area contributed by atoms with E-state index in [4.69, 9.17) is 0 Å². The third kappa shape index (κ3) is 3.31. The van der Waals surface area contributed by atoms with Gasteiger partial charge in [0, 0.05) is 0 Å². The lowest BCUT2D eigenvalue weighted by Crippen LogP contribution is -1.89. The van der Waals surface area contributed by atoms with Crippen LogP contribution in [0, 0.1) is 0 Å². The molecule has 0 aliphatic heterocycles. The third-order valence-corrected chi connectivity index (χ3v) is 2.05. The molecule has 0 aromatic heterocycles. The topological polar surface area (TPSA) is 17.1 Å². The molecule has 0 spiro atoms. The van der Waals surface area contributed by atoms with Crippen LogP contribution in [0.2, 0.25) is 0 Å². The standard InChI is InChI=1S/C14H13FO/c1-10(2)4-5-11(3)12-6-8-13(9-7-12)14(15)16/h4-9H,1,3H2,2H3/b5-4-. The summed E-state index contributed by atoms with van der Waals surface area (Å²) in [7, 11) is 0. The maximum atomic E-state index is 12.3. The van der Waals surface area contributed by atoms with Crippen molar-refractivity contribution in [2.45, 2.75) is 6.92 Å². The zero-order chi connectivity index (χ0) is 12.1. The largest absolute Gasteiger partial charge is 0.332 e. The fourth-order valence-corrected chi connectivity index (χ4v) is 1.15. The summed E-state index contributed by atoms with van der Waals surface area (Å²) in [5.74, 6) is 0. The zero-order valence-electron chi connectivity index (χ0n) is 9.16. The first-order chi connectivity index (χ1) is 7.50. The summed E-state index contributed by atoms with van der Waals surface area (Å²) in [6.45, 7) is 9.48. The smallest absolute Gasteiger partial charge is 0.255 e. The summed E-state index contributed by atoms with van der Waals surface area (Å²) in [6.07, 6.45) is 3.67. The van der Waals surface area contributed by atoms with E-state index in [0.29, 0.717) is 0 Å². The summed E-state index contributed by atoms with van der Waals surface area (Å²) >= 11 is 0. The van der Waals surface area contributed by atoms with Crippen molar-refractivity contribution in [2.24, 2.45) is 0 Å². The Morgan fingerprint density at radius 1 is 1.12 bits per heavy atom. The summed E-state index contributed by atoms with van der Waals surface area (Å²) < 4.78 is 12.3. The predicted molar refractivity (Wildman–Crippen MR) is 64.9 cm³/mol. The van der Waals surface area contributed by atoms with Gasteiger partial charge in [-0.3, -0.25) is 4.79 Å². The molecule has 0 aliphatic rings. The molecule has 0 atom stereocenters. The number of carbonyl (C=O) groups excluding carboxylic acids is 1. The van der Waals surface area contributed by atoms with Crippen molar-refractivity contribution in [3.05, 3.63) is 66.3 Å². The summed E-state index contributed by atoms with van der Waals surface area (Å²) in [6, 6.07) is 4.79. The van der Waals surface area contributed by atoms with E-state index in [2.05, 4.69) is 13.2 Å². The van der Waals surface area contributed by atoms with Gasteiger partial charge in [-0.2, -0.15) is 4.39 Å². The van der Waals surface area contributed by atoms with Gasteiger partial charge in [-0.15, -0.1) is 0 Å². The van der Waals surface area contributed by atoms with Gasteiger partial charge in [0.05, 0.1) is 5.56 Å². The highest BCUT2D eigenvalue weighted by Gasteiger charge is 2.02. The Hall–Kier alpha value is -1.96. The van der Waals surface area contributed by atoms with Crippen molar-refractivity contribution in [3.8, 4) is 0 Å². The Morgan fingerprint density at radius 3 is 2.06 bits per heavy atom. The second-order valence-electron chi connectivity index (χ2n) is 3.56. The molecule has 16 heavy (non-hydrogen) atoms. The minimum absolute atomic E-state index is 0.0560. The van der Waals surface area contributed by atoms with Crippen LogP contribution in [0.1, 0.15) is 22.8 Å². The predicted octanol–water partition coefficient (Wildman–Crippen LogP) is 3.94. The lowest BCUT2D eigenvalue weighted by Gasteiger charge is -2.00. The van der Waals surface area contributed by atoms with E-state index in [0.717, 1.165) is 16.7 Å². The van der Waals surface area contributed by atoms with Crippen LogP contribution in [0.3, 0.4) is 0 Å². The van der Waals surface area contributed by atoms with Gasteiger partial charge in [0.1, 0.15) is 0 Å². The van der Waals surface area contributed by atoms with Gasteiger partial charge in [0.2, 0.25) is 0 Å². The molecule has 0 N–H and O–H groups in total. The Bertz CT molecular complexity index is 452. The average molecular weight is 216 g/mol. The first kappa shape index (κ1) is 12.1. The van der Waals surface area contributed by atoms with Gasteiger partial charge in [-0.25, -0.2) is 0 Å². The van der Waals surface area contributed by atoms with E-state index >= 15 is 0 Å². The molecule has 0 aliphatic carbocycles. The summed E-state index contributed by atoms with van der Waals surface area (Å²) in [5.41, 5.74) is 2.63. The second kappa shape index (κ2) is 5.21. The average Bonchev–Trinajstić information content (AvgIpc) is 2.26. The first-order valence-electron chi connectivity index (χ1n) is 4.83. The molecule has 1 nitrogen and oxygen atoms in total. The van der Waals surface area contributed by atoms with Crippen molar-refractivity contribution < 1.29 is 9.18 Å². The van der Waals surface area contributed by atoms with Crippen molar-refractivity contribution in [1.82, 2.24) is 0 Å². The van der Waals surface area contributed by atoms with Gasteiger partial charge in [-0.1, -0.05) is 43.0 Å². The highest BCUT2D eigenvalue weighted by molar-refractivity contribution is 5.89. The van der Waals surface area contributed by atoms with Crippen LogP contribution in [0.25, 0.3) is 5.57 Å². The van der Waals surface area contributed by atoms with Gasteiger partial charge in [0.15, 0.2) is 0 Å².